The van der Waals surface area contributed by atoms with Gasteiger partial charge in [-0.05, 0) is 39.2 Å². The third-order valence-corrected chi connectivity index (χ3v) is 6.26. The maximum atomic E-state index is 13.0. The quantitative estimate of drug-likeness (QED) is 0.412. The maximum absolute atomic E-state index is 13.0. The van der Waals surface area contributed by atoms with Gasteiger partial charge < -0.3 is 15.2 Å². The minimum atomic E-state index is -3.68. The van der Waals surface area contributed by atoms with E-state index < -0.39 is 31.9 Å². The molecule has 0 bridgehead atoms. The van der Waals surface area contributed by atoms with Crippen molar-refractivity contribution in [2.45, 2.75) is 78.2 Å². The summed E-state index contributed by atoms with van der Waals surface area (Å²) in [7, 11) is -3.68. The van der Waals surface area contributed by atoms with Crippen LogP contribution in [0.25, 0.3) is 0 Å². The van der Waals surface area contributed by atoms with Crippen LogP contribution in [-0.4, -0.2) is 54.5 Å². The Labute approximate surface area is 166 Å². The highest BCUT2D eigenvalue weighted by molar-refractivity contribution is 7.51. The van der Waals surface area contributed by atoms with Gasteiger partial charge in [-0.2, -0.15) is 0 Å². The molecule has 0 aromatic heterocycles. The lowest BCUT2D eigenvalue weighted by molar-refractivity contribution is -0.133. The largest absolute Gasteiger partial charge is 0.478 e. The van der Waals surface area contributed by atoms with Gasteiger partial charge in [0.1, 0.15) is 0 Å². The van der Waals surface area contributed by atoms with Gasteiger partial charge in [0.05, 0.1) is 31.5 Å². The zero-order valence-electron chi connectivity index (χ0n) is 17.3. The summed E-state index contributed by atoms with van der Waals surface area (Å²) in [5, 5.41) is 15.2. The third kappa shape index (κ3) is 7.29. The van der Waals surface area contributed by atoms with Crippen LogP contribution < -0.4 is 10.4 Å². The Bertz CT molecular complexity index is 597. The normalized spacial score (nSPS) is 22.8. The number of amides is 1. The van der Waals surface area contributed by atoms with Crippen LogP contribution in [0.1, 0.15) is 53.9 Å². The average Bonchev–Trinajstić information content (AvgIpc) is 2.61. The molecule has 0 saturated heterocycles. The molecule has 10 heteroatoms. The number of rotatable bonds is 12. The Balaban J connectivity index is 3.26. The molecule has 1 aliphatic carbocycles. The first-order valence-corrected chi connectivity index (χ1v) is 11.3. The van der Waals surface area contributed by atoms with Gasteiger partial charge in [0.15, 0.2) is 0 Å². The highest BCUT2D eigenvalue weighted by Crippen LogP contribution is 2.45. The monoisotopic (exact) mass is 420 g/mol. The lowest BCUT2D eigenvalue weighted by atomic mass is 9.88. The van der Waals surface area contributed by atoms with Gasteiger partial charge in [-0.25, -0.2) is 14.4 Å². The Morgan fingerprint density at radius 3 is 2.21 bits per heavy atom. The summed E-state index contributed by atoms with van der Waals surface area (Å²) in [6, 6.07) is -1.33. The first-order chi connectivity index (χ1) is 13.2. The molecule has 0 aliphatic heterocycles. The van der Waals surface area contributed by atoms with E-state index in [2.05, 4.69) is 10.4 Å². The third-order valence-electron chi connectivity index (χ3n) is 4.42. The smallest absolute Gasteiger partial charge is 0.405 e. The van der Waals surface area contributed by atoms with E-state index in [-0.39, 0.29) is 37.2 Å². The lowest BCUT2D eigenvalue weighted by Gasteiger charge is -2.39. The first kappa shape index (κ1) is 24.8. The zero-order chi connectivity index (χ0) is 21.3. The minimum Gasteiger partial charge on any atom is -0.478 e. The standard InChI is InChI=1S/C18H33N2O7P/c1-6-14(7-2)27-16-11-13(18(22)23)10-15(17(16)19-12(5)21)20-28(24,25-8-3)26-9-4/h11,14-17H,6-10H2,1-5H3,(H,19,21)(H,20,24)(H,22,23)/t15-,16+,17+/m0/s1. The molecule has 1 aliphatic rings. The van der Waals surface area contributed by atoms with Crippen LogP contribution in [0.5, 0.6) is 0 Å². The van der Waals surface area contributed by atoms with Crippen LogP contribution in [-0.2, 0) is 27.9 Å². The Hall–Kier alpha value is -1.25. The van der Waals surface area contributed by atoms with Crippen LogP contribution >= 0.6 is 7.75 Å². The van der Waals surface area contributed by atoms with Crippen molar-refractivity contribution >= 4 is 19.6 Å². The SMILES string of the molecule is CCOP(=O)(N[C@H]1CC(C(=O)O)=C[C@@H](OC(CC)CC)[C@@H]1NC(C)=O)OCC. The molecule has 0 saturated carbocycles. The molecule has 1 rings (SSSR count). The summed E-state index contributed by atoms with van der Waals surface area (Å²) >= 11 is 0. The van der Waals surface area contributed by atoms with Gasteiger partial charge in [0, 0.05) is 18.5 Å². The van der Waals surface area contributed by atoms with Crippen molar-refractivity contribution in [2.24, 2.45) is 0 Å². The molecule has 1 amide bonds. The minimum absolute atomic E-state index is 0.0349. The summed E-state index contributed by atoms with van der Waals surface area (Å²) in [5.41, 5.74) is 0.120. The molecule has 28 heavy (non-hydrogen) atoms. The second-order valence-electron chi connectivity index (χ2n) is 6.54. The predicted molar refractivity (Wildman–Crippen MR) is 105 cm³/mol. The summed E-state index contributed by atoms with van der Waals surface area (Å²) in [4.78, 5) is 23.4. The van der Waals surface area contributed by atoms with E-state index in [0.29, 0.717) is 0 Å². The molecule has 0 fully saturated rings. The fourth-order valence-electron chi connectivity index (χ4n) is 3.15. The van der Waals surface area contributed by atoms with E-state index in [9.17, 15) is 19.3 Å². The molecule has 3 atom stereocenters. The molecule has 9 nitrogen and oxygen atoms in total. The predicted octanol–water partition coefficient (Wildman–Crippen LogP) is 2.62. The van der Waals surface area contributed by atoms with Crippen LogP contribution in [0.2, 0.25) is 0 Å². The average molecular weight is 420 g/mol. The number of carbonyl (C=O) groups is 2. The van der Waals surface area contributed by atoms with E-state index in [0.717, 1.165) is 12.8 Å². The second-order valence-corrected chi connectivity index (χ2v) is 8.30. The van der Waals surface area contributed by atoms with E-state index in [4.69, 9.17) is 13.8 Å². The van der Waals surface area contributed by atoms with E-state index in [1.54, 1.807) is 13.8 Å². The fourth-order valence-corrected chi connectivity index (χ4v) is 4.71. The van der Waals surface area contributed by atoms with Crippen LogP contribution in [0.3, 0.4) is 0 Å². The molecule has 0 heterocycles. The number of hydrogen-bond donors (Lipinski definition) is 3. The first-order valence-electron chi connectivity index (χ1n) is 9.72. The second kappa shape index (κ2) is 11.7. The number of carbonyl (C=O) groups excluding carboxylic acids is 1. The maximum Gasteiger partial charge on any atom is 0.405 e. The van der Waals surface area contributed by atoms with E-state index >= 15 is 0 Å². The van der Waals surface area contributed by atoms with Crippen molar-refractivity contribution in [2.75, 3.05) is 13.2 Å². The van der Waals surface area contributed by atoms with Gasteiger partial charge in [-0.3, -0.25) is 13.8 Å². The fraction of sp³-hybridized carbons (Fsp3) is 0.778. The van der Waals surface area contributed by atoms with Crippen molar-refractivity contribution in [3.05, 3.63) is 11.6 Å². The number of aliphatic carboxylic acids is 1. The van der Waals surface area contributed by atoms with Crippen molar-refractivity contribution in [3.63, 3.8) is 0 Å². The molecule has 0 unspecified atom stereocenters. The van der Waals surface area contributed by atoms with E-state index in [1.807, 2.05) is 13.8 Å². The molecule has 0 radical (unpaired) electrons. The Morgan fingerprint density at radius 1 is 1.21 bits per heavy atom. The van der Waals surface area contributed by atoms with Crippen molar-refractivity contribution in [3.8, 4) is 0 Å². The molecule has 3 N–H and O–H groups in total. The summed E-state index contributed by atoms with van der Waals surface area (Å²) in [6.45, 7) is 8.98. The van der Waals surface area contributed by atoms with Gasteiger partial charge in [-0.15, -0.1) is 0 Å². The summed E-state index contributed by atoms with van der Waals surface area (Å²) in [6.07, 6.45) is 2.24. The Kier molecular flexibility index (Phi) is 10.3. The van der Waals surface area contributed by atoms with E-state index in [1.165, 1.54) is 13.0 Å². The highest BCUT2D eigenvalue weighted by Gasteiger charge is 2.41. The van der Waals surface area contributed by atoms with Gasteiger partial charge >= 0.3 is 13.7 Å². The molecule has 0 spiro atoms. The van der Waals surface area contributed by atoms with Gasteiger partial charge in [-0.1, -0.05) is 13.8 Å². The molecule has 162 valence electrons. The summed E-state index contributed by atoms with van der Waals surface area (Å²) in [5.74, 6) is -1.39. The topological polar surface area (TPSA) is 123 Å². The lowest BCUT2D eigenvalue weighted by Crippen LogP contribution is -2.58. The zero-order valence-corrected chi connectivity index (χ0v) is 18.2. The van der Waals surface area contributed by atoms with Crippen LogP contribution in [0, 0.1) is 0 Å². The number of carboxylic acid groups (broad SMARTS) is 1. The molecular formula is C18H33N2O7P. The molecule has 0 aromatic rings. The van der Waals surface area contributed by atoms with Gasteiger partial charge in [0.2, 0.25) is 5.91 Å². The number of nitrogens with one attached hydrogen (secondary N) is 2. The highest BCUT2D eigenvalue weighted by atomic mass is 31.2. The van der Waals surface area contributed by atoms with Crippen LogP contribution in [0.15, 0.2) is 11.6 Å². The molecular weight excluding hydrogens is 387 g/mol. The van der Waals surface area contributed by atoms with Crippen molar-refractivity contribution in [1.29, 1.82) is 0 Å². The van der Waals surface area contributed by atoms with Crippen molar-refractivity contribution in [1.82, 2.24) is 10.4 Å². The summed E-state index contributed by atoms with van der Waals surface area (Å²) < 4.78 is 29.6. The number of carboxylic acids is 1. The Morgan fingerprint density at radius 2 is 1.79 bits per heavy atom. The molecule has 0 aromatic carbocycles. The van der Waals surface area contributed by atoms with Crippen LogP contribution in [0.4, 0.5) is 0 Å². The number of hydrogen-bond acceptors (Lipinski definition) is 6. The van der Waals surface area contributed by atoms with Gasteiger partial charge in [0.25, 0.3) is 0 Å². The number of ether oxygens (including phenoxy) is 1. The van der Waals surface area contributed by atoms with Crippen molar-refractivity contribution < 1.29 is 33.0 Å².